The van der Waals surface area contributed by atoms with E-state index in [1.54, 1.807) is 6.07 Å². The second-order valence-electron chi connectivity index (χ2n) is 5.72. The topological polar surface area (TPSA) is 26.0 Å². The number of halogens is 2. The van der Waals surface area contributed by atoms with Crippen LogP contribution in [0.25, 0.3) is 0 Å². The first-order chi connectivity index (χ1) is 9.16. The Morgan fingerprint density at radius 3 is 2.42 bits per heavy atom. The zero-order valence-electron chi connectivity index (χ0n) is 11.4. The molecule has 106 valence electrons. The van der Waals surface area contributed by atoms with Gasteiger partial charge in [-0.05, 0) is 42.9 Å². The molecule has 3 heteroatoms. The predicted molar refractivity (Wildman–Crippen MR) is 78.9 cm³/mol. The lowest BCUT2D eigenvalue weighted by molar-refractivity contribution is 0.322. The van der Waals surface area contributed by atoms with Crippen LogP contribution in [0.1, 0.15) is 50.5 Å². The standard InChI is InChI=1S/C16H23ClFN/c17-14-9-8-12(10-15(14)18)11-16(19)13-6-4-2-1-3-5-7-13/h8-10,13,16H,1-7,11,19H2. The van der Waals surface area contributed by atoms with Gasteiger partial charge in [0.15, 0.2) is 0 Å². The maximum Gasteiger partial charge on any atom is 0.142 e. The molecule has 1 nitrogen and oxygen atoms in total. The third kappa shape index (κ3) is 4.47. The Balaban J connectivity index is 1.94. The fourth-order valence-electron chi connectivity index (χ4n) is 3.02. The van der Waals surface area contributed by atoms with E-state index in [2.05, 4.69) is 0 Å². The van der Waals surface area contributed by atoms with Crippen molar-refractivity contribution in [2.75, 3.05) is 0 Å². The van der Waals surface area contributed by atoms with Crippen molar-refractivity contribution in [3.63, 3.8) is 0 Å². The Morgan fingerprint density at radius 1 is 1.16 bits per heavy atom. The summed E-state index contributed by atoms with van der Waals surface area (Å²) < 4.78 is 13.4. The minimum Gasteiger partial charge on any atom is -0.327 e. The van der Waals surface area contributed by atoms with Crippen LogP contribution < -0.4 is 5.73 Å². The Morgan fingerprint density at radius 2 is 1.79 bits per heavy atom. The first-order valence-electron chi connectivity index (χ1n) is 7.36. The van der Waals surface area contributed by atoms with Crippen LogP contribution in [0.4, 0.5) is 4.39 Å². The van der Waals surface area contributed by atoms with Crippen molar-refractivity contribution in [2.45, 2.75) is 57.4 Å². The van der Waals surface area contributed by atoms with Gasteiger partial charge in [0.2, 0.25) is 0 Å². The second-order valence-corrected chi connectivity index (χ2v) is 6.13. The number of hydrogen-bond acceptors (Lipinski definition) is 1. The monoisotopic (exact) mass is 283 g/mol. The van der Waals surface area contributed by atoms with E-state index in [0.29, 0.717) is 5.92 Å². The molecule has 0 spiro atoms. The average Bonchev–Trinajstić information content (AvgIpc) is 2.33. The summed E-state index contributed by atoms with van der Waals surface area (Å²) in [5, 5.41) is 0.184. The van der Waals surface area contributed by atoms with Crippen molar-refractivity contribution in [3.8, 4) is 0 Å². The van der Waals surface area contributed by atoms with Crippen LogP contribution in [0.3, 0.4) is 0 Å². The zero-order chi connectivity index (χ0) is 13.7. The molecule has 1 atom stereocenters. The van der Waals surface area contributed by atoms with Crippen molar-refractivity contribution >= 4 is 11.6 Å². The van der Waals surface area contributed by atoms with Gasteiger partial charge in [0, 0.05) is 6.04 Å². The Kier molecular flexibility index (Phi) is 5.65. The summed E-state index contributed by atoms with van der Waals surface area (Å²) in [7, 11) is 0. The highest BCUT2D eigenvalue weighted by molar-refractivity contribution is 6.30. The number of hydrogen-bond donors (Lipinski definition) is 1. The van der Waals surface area contributed by atoms with E-state index in [9.17, 15) is 4.39 Å². The smallest absolute Gasteiger partial charge is 0.142 e. The fourth-order valence-corrected chi connectivity index (χ4v) is 3.14. The number of rotatable bonds is 3. The molecule has 0 heterocycles. The molecule has 1 aromatic rings. The Bertz CT molecular complexity index is 400. The van der Waals surface area contributed by atoms with Gasteiger partial charge < -0.3 is 5.73 Å². The lowest BCUT2D eigenvalue weighted by atomic mass is 9.84. The normalized spacial score (nSPS) is 19.7. The maximum absolute atomic E-state index is 13.4. The fraction of sp³-hybridized carbons (Fsp3) is 0.625. The predicted octanol–water partition coefficient (Wildman–Crippen LogP) is 4.71. The molecule has 0 aromatic heterocycles. The highest BCUT2D eigenvalue weighted by atomic mass is 35.5. The van der Waals surface area contributed by atoms with Gasteiger partial charge in [-0.3, -0.25) is 0 Å². The summed E-state index contributed by atoms with van der Waals surface area (Å²) in [6.07, 6.45) is 9.79. The number of nitrogens with two attached hydrogens (primary N) is 1. The lowest BCUT2D eigenvalue weighted by Gasteiger charge is -2.26. The van der Waals surface area contributed by atoms with Crippen molar-refractivity contribution in [3.05, 3.63) is 34.6 Å². The summed E-state index contributed by atoms with van der Waals surface area (Å²) >= 11 is 5.70. The Hall–Kier alpha value is -0.600. The van der Waals surface area contributed by atoms with Crippen molar-refractivity contribution < 1.29 is 4.39 Å². The largest absolute Gasteiger partial charge is 0.327 e. The molecule has 1 unspecified atom stereocenters. The summed E-state index contributed by atoms with van der Waals surface area (Å²) in [4.78, 5) is 0. The zero-order valence-corrected chi connectivity index (χ0v) is 12.1. The highest BCUT2D eigenvalue weighted by Gasteiger charge is 2.19. The van der Waals surface area contributed by atoms with Gasteiger partial charge in [-0.2, -0.15) is 0 Å². The summed E-state index contributed by atoms with van der Waals surface area (Å²) in [6.45, 7) is 0. The Labute approximate surface area is 120 Å². The van der Waals surface area contributed by atoms with Crippen molar-refractivity contribution in [1.82, 2.24) is 0 Å². The van der Waals surface area contributed by atoms with Gasteiger partial charge in [0.25, 0.3) is 0 Å². The van der Waals surface area contributed by atoms with Crippen LogP contribution >= 0.6 is 11.6 Å². The van der Waals surface area contributed by atoms with Gasteiger partial charge in [0.05, 0.1) is 5.02 Å². The molecule has 19 heavy (non-hydrogen) atoms. The molecule has 0 saturated heterocycles. The SMILES string of the molecule is NC(Cc1ccc(Cl)c(F)c1)C1CCCCCCC1. The molecule has 2 rings (SSSR count). The molecule has 0 amide bonds. The van der Waals surface area contributed by atoms with Crippen molar-refractivity contribution in [2.24, 2.45) is 11.7 Å². The van der Waals surface area contributed by atoms with Crippen LogP contribution in [0.2, 0.25) is 5.02 Å². The molecular weight excluding hydrogens is 261 g/mol. The molecule has 2 N–H and O–H groups in total. The van der Waals surface area contributed by atoms with Crippen LogP contribution in [0.5, 0.6) is 0 Å². The average molecular weight is 284 g/mol. The van der Waals surface area contributed by atoms with Gasteiger partial charge in [-0.25, -0.2) is 4.39 Å². The minimum atomic E-state index is -0.343. The van der Waals surface area contributed by atoms with Gasteiger partial charge in [-0.15, -0.1) is 0 Å². The molecule has 1 aromatic carbocycles. The van der Waals surface area contributed by atoms with E-state index in [4.69, 9.17) is 17.3 Å². The van der Waals surface area contributed by atoms with Gasteiger partial charge in [-0.1, -0.05) is 49.8 Å². The van der Waals surface area contributed by atoms with Crippen LogP contribution in [-0.2, 0) is 6.42 Å². The van der Waals surface area contributed by atoms with E-state index < -0.39 is 0 Å². The van der Waals surface area contributed by atoms with Gasteiger partial charge in [0.1, 0.15) is 5.82 Å². The minimum absolute atomic E-state index is 0.138. The molecule has 1 saturated carbocycles. The molecular formula is C16H23ClFN. The quantitative estimate of drug-likeness (QED) is 0.854. The van der Waals surface area contributed by atoms with E-state index >= 15 is 0 Å². The summed E-state index contributed by atoms with van der Waals surface area (Å²) in [5.74, 6) is 0.239. The van der Waals surface area contributed by atoms with E-state index in [0.717, 1.165) is 12.0 Å². The summed E-state index contributed by atoms with van der Waals surface area (Å²) in [6, 6.07) is 5.16. The third-order valence-corrected chi connectivity index (χ3v) is 4.52. The van der Waals surface area contributed by atoms with Crippen molar-refractivity contribution in [1.29, 1.82) is 0 Å². The second kappa shape index (κ2) is 7.25. The molecule has 1 aliphatic rings. The molecule has 1 fully saturated rings. The first kappa shape index (κ1) is 14.8. The van der Waals surface area contributed by atoms with Crippen LogP contribution in [0, 0.1) is 11.7 Å². The maximum atomic E-state index is 13.4. The van der Waals surface area contributed by atoms with E-state index in [-0.39, 0.29) is 16.9 Å². The summed E-state index contributed by atoms with van der Waals surface area (Å²) in [5.41, 5.74) is 7.29. The van der Waals surface area contributed by atoms with Crippen LogP contribution in [0.15, 0.2) is 18.2 Å². The molecule has 1 aliphatic carbocycles. The molecule has 0 bridgehead atoms. The van der Waals surface area contributed by atoms with E-state index in [1.807, 2.05) is 6.07 Å². The molecule has 0 radical (unpaired) electrons. The number of benzene rings is 1. The van der Waals surface area contributed by atoms with Gasteiger partial charge >= 0.3 is 0 Å². The first-order valence-corrected chi connectivity index (χ1v) is 7.74. The third-order valence-electron chi connectivity index (χ3n) is 4.21. The van der Waals surface area contributed by atoms with E-state index in [1.165, 1.54) is 51.0 Å². The lowest BCUT2D eigenvalue weighted by Crippen LogP contribution is -2.32. The highest BCUT2D eigenvalue weighted by Crippen LogP contribution is 2.26. The molecule has 0 aliphatic heterocycles. The van der Waals surface area contributed by atoms with Crippen LogP contribution in [-0.4, -0.2) is 6.04 Å².